The molecule has 2 aromatic carbocycles. The lowest BCUT2D eigenvalue weighted by Crippen LogP contribution is -2.36. The van der Waals surface area contributed by atoms with Gasteiger partial charge in [0.1, 0.15) is 0 Å². The van der Waals surface area contributed by atoms with E-state index in [1.807, 2.05) is 6.07 Å². The number of hydrogen-bond acceptors (Lipinski definition) is 2. The normalized spacial score (nSPS) is 14.4. The molecule has 0 aromatic heterocycles. The van der Waals surface area contributed by atoms with Gasteiger partial charge in [-0.3, -0.25) is 0 Å². The van der Waals surface area contributed by atoms with Crippen LogP contribution in [-0.4, -0.2) is 20.1 Å². The first-order chi connectivity index (χ1) is 9.31. The summed E-state index contributed by atoms with van der Waals surface area (Å²) in [4.78, 5) is 4.67. The average molecular weight is 273 g/mol. The van der Waals surface area contributed by atoms with Crippen LogP contribution in [-0.2, 0) is 5.88 Å². The van der Waals surface area contributed by atoms with Crippen LogP contribution >= 0.6 is 11.6 Å². The molecular weight excluding hydrogens is 256 g/mol. The van der Waals surface area contributed by atoms with Gasteiger partial charge in [0.05, 0.1) is 11.4 Å². The van der Waals surface area contributed by atoms with Gasteiger partial charge in [-0.1, -0.05) is 30.3 Å². The molecule has 3 heteroatoms. The molecule has 1 heterocycles. The lowest BCUT2D eigenvalue weighted by atomic mass is 10.1. The number of nitrogens with zero attached hydrogens (tertiary/aromatic N) is 2. The Kier molecular flexibility index (Phi) is 3.34. The zero-order valence-electron chi connectivity index (χ0n) is 11.0. The quantitative estimate of drug-likeness (QED) is 0.762. The molecule has 98 valence electrons. The van der Waals surface area contributed by atoms with Gasteiger partial charge in [-0.25, -0.2) is 0 Å². The minimum Gasteiger partial charge on any atom is -0.371 e. The number of para-hydroxylation sites is 3. The zero-order chi connectivity index (χ0) is 13.2. The van der Waals surface area contributed by atoms with Crippen molar-refractivity contribution in [1.29, 1.82) is 0 Å². The van der Waals surface area contributed by atoms with Gasteiger partial charge in [0, 0.05) is 31.7 Å². The fraction of sp³-hybridized carbons (Fsp3) is 0.250. The van der Waals surface area contributed by atoms with Crippen molar-refractivity contribution in [3.05, 3.63) is 54.1 Å². The van der Waals surface area contributed by atoms with Crippen LogP contribution in [0.4, 0.5) is 17.1 Å². The zero-order valence-corrected chi connectivity index (χ0v) is 11.8. The predicted molar refractivity (Wildman–Crippen MR) is 82.7 cm³/mol. The third-order valence-corrected chi connectivity index (χ3v) is 3.96. The van der Waals surface area contributed by atoms with Crippen LogP contribution in [0.1, 0.15) is 5.56 Å². The van der Waals surface area contributed by atoms with Gasteiger partial charge in [-0.2, -0.15) is 0 Å². The molecule has 2 aromatic rings. The highest BCUT2D eigenvalue weighted by Gasteiger charge is 2.22. The van der Waals surface area contributed by atoms with Gasteiger partial charge in [-0.05, 0) is 23.8 Å². The van der Waals surface area contributed by atoms with E-state index in [-0.39, 0.29) is 0 Å². The van der Waals surface area contributed by atoms with Crippen molar-refractivity contribution < 1.29 is 0 Å². The first-order valence-corrected chi connectivity index (χ1v) is 7.06. The summed E-state index contributed by atoms with van der Waals surface area (Å²) in [5, 5.41) is 0. The van der Waals surface area contributed by atoms with Crippen molar-refractivity contribution in [3.8, 4) is 0 Å². The topological polar surface area (TPSA) is 6.48 Å². The SMILES string of the molecule is CN1CCN(c2ccccc2CCl)c2ccccc21. The van der Waals surface area contributed by atoms with E-state index < -0.39 is 0 Å². The first kappa shape index (κ1) is 12.4. The molecule has 0 spiro atoms. The Bertz CT molecular complexity index is 582. The Morgan fingerprint density at radius 3 is 2.26 bits per heavy atom. The number of benzene rings is 2. The van der Waals surface area contributed by atoms with Crippen LogP contribution in [0.5, 0.6) is 0 Å². The summed E-state index contributed by atoms with van der Waals surface area (Å²) in [6.07, 6.45) is 0. The van der Waals surface area contributed by atoms with Gasteiger partial charge in [0.25, 0.3) is 0 Å². The van der Waals surface area contributed by atoms with Crippen LogP contribution < -0.4 is 9.80 Å². The van der Waals surface area contributed by atoms with Crippen molar-refractivity contribution in [2.75, 3.05) is 29.9 Å². The highest BCUT2D eigenvalue weighted by molar-refractivity contribution is 6.17. The molecule has 0 aliphatic carbocycles. The number of halogens is 1. The average Bonchev–Trinajstić information content (AvgIpc) is 2.48. The molecular formula is C16H17ClN2. The van der Waals surface area contributed by atoms with Gasteiger partial charge in [-0.15, -0.1) is 11.6 Å². The third-order valence-electron chi connectivity index (χ3n) is 3.67. The fourth-order valence-electron chi connectivity index (χ4n) is 2.64. The maximum atomic E-state index is 6.07. The molecule has 1 aliphatic heterocycles. The molecule has 0 amide bonds. The molecule has 2 nitrogen and oxygen atoms in total. The van der Waals surface area contributed by atoms with Crippen molar-refractivity contribution in [1.82, 2.24) is 0 Å². The van der Waals surface area contributed by atoms with Crippen LogP contribution in [0.25, 0.3) is 0 Å². The summed E-state index contributed by atoms with van der Waals surface area (Å²) in [6, 6.07) is 16.9. The number of hydrogen-bond donors (Lipinski definition) is 0. The molecule has 0 atom stereocenters. The number of likely N-dealkylation sites (N-methyl/N-ethyl adjacent to an activating group) is 1. The smallest absolute Gasteiger partial charge is 0.0649 e. The van der Waals surface area contributed by atoms with E-state index in [1.165, 1.54) is 22.6 Å². The van der Waals surface area contributed by atoms with E-state index in [4.69, 9.17) is 11.6 Å². The fourth-order valence-corrected chi connectivity index (χ4v) is 2.87. The summed E-state index contributed by atoms with van der Waals surface area (Å²) >= 11 is 6.07. The van der Waals surface area contributed by atoms with Gasteiger partial charge in [0.15, 0.2) is 0 Å². The molecule has 0 bridgehead atoms. The molecule has 0 saturated heterocycles. The van der Waals surface area contributed by atoms with Crippen molar-refractivity contribution in [2.45, 2.75) is 5.88 Å². The van der Waals surface area contributed by atoms with E-state index in [0.29, 0.717) is 5.88 Å². The standard InChI is InChI=1S/C16H17ClN2/c1-18-10-11-19(16-9-5-4-8-15(16)18)14-7-3-2-6-13(14)12-17/h2-9H,10-12H2,1H3. The second kappa shape index (κ2) is 5.14. The summed E-state index contributed by atoms with van der Waals surface area (Å²) in [7, 11) is 2.14. The van der Waals surface area contributed by atoms with Crippen LogP contribution in [0.2, 0.25) is 0 Å². The molecule has 19 heavy (non-hydrogen) atoms. The second-order valence-electron chi connectivity index (χ2n) is 4.82. The second-order valence-corrected chi connectivity index (χ2v) is 5.09. The highest BCUT2D eigenvalue weighted by Crippen LogP contribution is 2.38. The minimum atomic E-state index is 0.546. The summed E-state index contributed by atoms with van der Waals surface area (Å²) < 4.78 is 0. The van der Waals surface area contributed by atoms with E-state index in [9.17, 15) is 0 Å². The monoisotopic (exact) mass is 272 g/mol. The first-order valence-electron chi connectivity index (χ1n) is 6.53. The molecule has 0 radical (unpaired) electrons. The lowest BCUT2D eigenvalue weighted by molar-refractivity contribution is 0.820. The van der Waals surface area contributed by atoms with Gasteiger partial charge >= 0.3 is 0 Å². The maximum Gasteiger partial charge on any atom is 0.0649 e. The number of alkyl halides is 1. The van der Waals surface area contributed by atoms with Crippen molar-refractivity contribution in [3.63, 3.8) is 0 Å². The molecule has 0 fully saturated rings. The predicted octanol–water partition coefficient (Wildman–Crippen LogP) is 4.01. The van der Waals surface area contributed by atoms with Crippen molar-refractivity contribution in [2.24, 2.45) is 0 Å². The van der Waals surface area contributed by atoms with Crippen LogP contribution in [0, 0.1) is 0 Å². The summed E-state index contributed by atoms with van der Waals surface area (Å²) in [6.45, 7) is 2.01. The molecule has 1 aliphatic rings. The molecule has 3 rings (SSSR count). The Morgan fingerprint density at radius 2 is 1.53 bits per heavy atom. The van der Waals surface area contributed by atoms with E-state index in [1.54, 1.807) is 0 Å². The molecule has 0 saturated carbocycles. The number of rotatable bonds is 2. The van der Waals surface area contributed by atoms with Crippen LogP contribution in [0.15, 0.2) is 48.5 Å². The van der Waals surface area contributed by atoms with E-state index >= 15 is 0 Å². The Morgan fingerprint density at radius 1 is 0.895 bits per heavy atom. The summed E-state index contributed by atoms with van der Waals surface area (Å²) in [5.74, 6) is 0.546. The van der Waals surface area contributed by atoms with Gasteiger partial charge in [0.2, 0.25) is 0 Å². The Hall–Kier alpha value is -1.67. The Labute approximate surface area is 119 Å². The highest BCUT2D eigenvalue weighted by atomic mass is 35.5. The number of fused-ring (bicyclic) bond motifs is 1. The van der Waals surface area contributed by atoms with E-state index in [0.717, 1.165) is 13.1 Å². The summed E-state index contributed by atoms with van der Waals surface area (Å²) in [5.41, 5.74) is 4.94. The third kappa shape index (κ3) is 2.17. The molecule has 0 unspecified atom stereocenters. The van der Waals surface area contributed by atoms with Crippen molar-refractivity contribution >= 4 is 28.7 Å². The minimum absolute atomic E-state index is 0.546. The largest absolute Gasteiger partial charge is 0.371 e. The van der Waals surface area contributed by atoms with Crippen LogP contribution in [0.3, 0.4) is 0 Å². The maximum absolute atomic E-state index is 6.07. The van der Waals surface area contributed by atoms with E-state index in [2.05, 4.69) is 59.3 Å². The Balaban J connectivity index is 2.10. The lowest BCUT2D eigenvalue weighted by Gasteiger charge is -2.37. The number of anilines is 3. The van der Waals surface area contributed by atoms with Gasteiger partial charge < -0.3 is 9.80 Å². The molecule has 0 N–H and O–H groups in total.